The van der Waals surface area contributed by atoms with Crippen molar-refractivity contribution in [2.75, 3.05) is 20.1 Å². The summed E-state index contributed by atoms with van der Waals surface area (Å²) in [5.74, 6) is 0.521. The Bertz CT molecular complexity index is 1380. The molecule has 0 radical (unpaired) electrons. The molecule has 41 heavy (non-hydrogen) atoms. The van der Waals surface area contributed by atoms with Gasteiger partial charge in [0.25, 0.3) is 0 Å². The number of pyridine rings is 1. The number of nitrogens with zero attached hydrogens (tertiary/aromatic N) is 4. The Kier molecular flexibility index (Phi) is 8.68. The molecular formula is C31H41N7O3. The Hall–Kier alpha value is -3.79. The second kappa shape index (κ2) is 12.4. The molecule has 2 aromatic heterocycles. The van der Waals surface area contributed by atoms with Crippen LogP contribution in [0.4, 0.5) is 0 Å². The quantitative estimate of drug-likeness (QED) is 0.389. The molecule has 5 rings (SSSR count). The summed E-state index contributed by atoms with van der Waals surface area (Å²) in [6.45, 7) is 6.65. The van der Waals surface area contributed by atoms with E-state index in [0.717, 1.165) is 29.5 Å². The zero-order valence-electron chi connectivity index (χ0n) is 24.4. The van der Waals surface area contributed by atoms with E-state index in [4.69, 9.17) is 4.98 Å². The van der Waals surface area contributed by atoms with Crippen molar-refractivity contribution in [2.45, 2.75) is 77.0 Å². The van der Waals surface area contributed by atoms with E-state index in [2.05, 4.69) is 32.7 Å². The first kappa shape index (κ1) is 28.7. The first-order valence-corrected chi connectivity index (χ1v) is 14.8. The van der Waals surface area contributed by atoms with Gasteiger partial charge in [-0.1, -0.05) is 51.1 Å². The van der Waals surface area contributed by atoms with E-state index in [1.165, 1.54) is 0 Å². The molecule has 2 saturated heterocycles. The fourth-order valence-electron chi connectivity index (χ4n) is 6.19. The van der Waals surface area contributed by atoms with E-state index >= 15 is 0 Å². The number of likely N-dealkylation sites (N-methyl/N-ethyl adjacent to an activating group) is 1. The maximum absolute atomic E-state index is 14.3. The van der Waals surface area contributed by atoms with Crippen molar-refractivity contribution in [3.63, 3.8) is 0 Å². The smallest absolute Gasteiger partial charge is 0.247 e. The highest BCUT2D eigenvalue weighted by atomic mass is 16.2. The standard InChI is InChI=1S/C31H41N7O3/c1-5-23(32-4)30(40)34-24-18-37(26(39)17-19(2)3)16-14-21-11-12-25(38(21)31(24)41)28-35-27-22(13-15-33-29(27)36-28)20-9-7-6-8-10-20/h6-10,13,15,19,21,23-25,32H,5,11-12,14,16-18H2,1-4H3,(H,34,40)(H,33,35,36)/t21-,23+,24+,25+/m1/s1. The van der Waals surface area contributed by atoms with Crippen LogP contribution in [0.1, 0.15) is 64.7 Å². The summed E-state index contributed by atoms with van der Waals surface area (Å²) in [6, 6.07) is 10.5. The van der Waals surface area contributed by atoms with Crippen molar-refractivity contribution < 1.29 is 14.4 Å². The molecule has 0 unspecified atom stereocenters. The Labute approximate surface area is 241 Å². The van der Waals surface area contributed by atoms with Crippen LogP contribution in [0, 0.1) is 5.92 Å². The van der Waals surface area contributed by atoms with Gasteiger partial charge in [0.05, 0.1) is 17.6 Å². The second-order valence-electron chi connectivity index (χ2n) is 11.6. The summed E-state index contributed by atoms with van der Waals surface area (Å²) in [4.78, 5) is 57.1. The zero-order chi connectivity index (χ0) is 29.1. The Morgan fingerprint density at radius 1 is 1.12 bits per heavy atom. The third-order valence-electron chi connectivity index (χ3n) is 8.33. The largest absolute Gasteiger partial charge is 0.341 e. The number of fused-ring (bicyclic) bond motifs is 2. The molecule has 0 aliphatic carbocycles. The van der Waals surface area contributed by atoms with E-state index in [1.54, 1.807) is 18.1 Å². The average Bonchev–Trinajstić information content (AvgIpc) is 3.58. The minimum absolute atomic E-state index is 0.0208. The van der Waals surface area contributed by atoms with Crippen LogP contribution in [0.5, 0.6) is 0 Å². The molecule has 10 heteroatoms. The van der Waals surface area contributed by atoms with Crippen molar-refractivity contribution in [1.29, 1.82) is 0 Å². The van der Waals surface area contributed by atoms with Gasteiger partial charge in [0, 0.05) is 37.3 Å². The van der Waals surface area contributed by atoms with Crippen molar-refractivity contribution >= 4 is 28.9 Å². The van der Waals surface area contributed by atoms with Crippen LogP contribution in [0.15, 0.2) is 42.6 Å². The van der Waals surface area contributed by atoms with Crippen LogP contribution in [0.2, 0.25) is 0 Å². The van der Waals surface area contributed by atoms with Gasteiger partial charge in [-0.3, -0.25) is 14.4 Å². The van der Waals surface area contributed by atoms with E-state index in [-0.39, 0.29) is 42.3 Å². The number of hydrogen-bond acceptors (Lipinski definition) is 6. The summed E-state index contributed by atoms with van der Waals surface area (Å²) in [5, 5.41) is 6.01. The van der Waals surface area contributed by atoms with Crippen LogP contribution in [0.25, 0.3) is 22.3 Å². The molecule has 4 atom stereocenters. The van der Waals surface area contributed by atoms with Crippen molar-refractivity contribution in [3.8, 4) is 11.1 Å². The van der Waals surface area contributed by atoms with E-state index in [9.17, 15) is 14.4 Å². The lowest BCUT2D eigenvalue weighted by molar-refractivity contribution is -0.144. The number of nitrogens with one attached hydrogen (secondary N) is 3. The third-order valence-corrected chi connectivity index (χ3v) is 8.33. The molecule has 4 heterocycles. The summed E-state index contributed by atoms with van der Waals surface area (Å²) in [7, 11) is 1.73. The van der Waals surface area contributed by atoms with Gasteiger partial charge in [-0.15, -0.1) is 0 Å². The highest BCUT2D eigenvalue weighted by Crippen LogP contribution is 2.39. The van der Waals surface area contributed by atoms with Gasteiger partial charge in [-0.05, 0) is 50.3 Å². The molecule has 0 bridgehead atoms. The number of H-pyrrole nitrogens is 1. The minimum Gasteiger partial charge on any atom is -0.341 e. The van der Waals surface area contributed by atoms with Gasteiger partial charge in [0.2, 0.25) is 17.7 Å². The monoisotopic (exact) mass is 559 g/mol. The number of amides is 3. The topological polar surface area (TPSA) is 123 Å². The summed E-state index contributed by atoms with van der Waals surface area (Å²) in [5.41, 5.74) is 3.52. The van der Waals surface area contributed by atoms with E-state index < -0.39 is 12.1 Å². The van der Waals surface area contributed by atoms with Crippen molar-refractivity contribution in [1.82, 2.24) is 35.4 Å². The molecule has 2 fully saturated rings. The van der Waals surface area contributed by atoms with Gasteiger partial charge < -0.3 is 25.4 Å². The summed E-state index contributed by atoms with van der Waals surface area (Å²) < 4.78 is 0. The molecule has 1 aromatic carbocycles. The van der Waals surface area contributed by atoms with Crippen molar-refractivity contribution in [2.24, 2.45) is 5.92 Å². The molecule has 0 spiro atoms. The number of benzene rings is 1. The Morgan fingerprint density at radius 2 is 1.90 bits per heavy atom. The number of aromatic nitrogens is 3. The normalized spacial score (nSPS) is 22.0. The molecule has 3 N–H and O–H groups in total. The first-order chi connectivity index (χ1) is 19.8. The van der Waals surface area contributed by atoms with Crippen molar-refractivity contribution in [3.05, 3.63) is 48.4 Å². The minimum atomic E-state index is -0.841. The molecule has 2 aliphatic heterocycles. The number of rotatable bonds is 8. The number of imidazole rings is 1. The number of hydrogen-bond donors (Lipinski definition) is 3. The van der Waals surface area contributed by atoms with E-state index in [1.807, 2.05) is 49.9 Å². The van der Waals surface area contributed by atoms with Gasteiger partial charge in [0.15, 0.2) is 5.65 Å². The number of carbonyl (C=O) groups excluding carboxylic acids is 3. The lowest BCUT2D eigenvalue weighted by Crippen LogP contribution is -2.60. The maximum atomic E-state index is 14.3. The fourth-order valence-corrected chi connectivity index (χ4v) is 6.19. The van der Waals surface area contributed by atoms with Crippen LogP contribution in [-0.2, 0) is 14.4 Å². The van der Waals surface area contributed by atoms with Gasteiger partial charge in [0.1, 0.15) is 11.9 Å². The van der Waals surface area contributed by atoms with Crippen LogP contribution in [-0.4, -0.2) is 80.7 Å². The molecule has 10 nitrogen and oxygen atoms in total. The van der Waals surface area contributed by atoms with Gasteiger partial charge >= 0.3 is 0 Å². The zero-order valence-corrected chi connectivity index (χ0v) is 24.4. The van der Waals surface area contributed by atoms with Crippen LogP contribution < -0.4 is 10.6 Å². The molecule has 3 aromatic rings. The summed E-state index contributed by atoms with van der Waals surface area (Å²) in [6.07, 6.45) is 4.99. The highest BCUT2D eigenvalue weighted by Gasteiger charge is 2.44. The number of aromatic amines is 1. The van der Waals surface area contributed by atoms with E-state index in [0.29, 0.717) is 37.3 Å². The Balaban J connectivity index is 1.47. The predicted octanol–water partition coefficient (Wildman–Crippen LogP) is 3.42. The molecule has 218 valence electrons. The lowest BCUT2D eigenvalue weighted by atomic mass is 10.0. The van der Waals surface area contributed by atoms with Gasteiger partial charge in [-0.25, -0.2) is 9.97 Å². The second-order valence-corrected chi connectivity index (χ2v) is 11.6. The number of carbonyl (C=O) groups is 3. The maximum Gasteiger partial charge on any atom is 0.247 e. The molecule has 3 amide bonds. The van der Waals surface area contributed by atoms with Gasteiger partial charge in [-0.2, -0.15) is 0 Å². The SMILES string of the molecule is CC[C@H](NC)C(=O)N[C@H]1CN(C(=O)CC(C)C)CC[C@H]2CC[C@@H](c3nc4nccc(-c5ccccc5)c4[nH]3)N2C1=O. The van der Waals surface area contributed by atoms with Crippen LogP contribution >= 0.6 is 0 Å². The molecular weight excluding hydrogens is 518 g/mol. The Morgan fingerprint density at radius 3 is 2.61 bits per heavy atom. The molecule has 2 aliphatic rings. The average molecular weight is 560 g/mol. The lowest BCUT2D eigenvalue weighted by Gasteiger charge is -2.39. The molecule has 0 saturated carbocycles. The summed E-state index contributed by atoms with van der Waals surface area (Å²) >= 11 is 0. The fraction of sp³-hybridized carbons (Fsp3) is 0.516. The first-order valence-electron chi connectivity index (χ1n) is 14.8. The highest BCUT2D eigenvalue weighted by molar-refractivity contribution is 5.92. The third kappa shape index (κ3) is 5.98. The predicted molar refractivity (Wildman–Crippen MR) is 158 cm³/mol. The van der Waals surface area contributed by atoms with Crippen LogP contribution in [0.3, 0.4) is 0 Å².